The van der Waals surface area contributed by atoms with Gasteiger partial charge in [0.05, 0.1) is 5.56 Å². The second-order valence-corrected chi connectivity index (χ2v) is 7.82. The lowest BCUT2D eigenvalue weighted by atomic mass is 9.98. The Balaban J connectivity index is 1.89. The summed E-state index contributed by atoms with van der Waals surface area (Å²) in [5.41, 5.74) is -0.401. The Bertz CT molecular complexity index is 856. The Hall–Kier alpha value is -2.68. The van der Waals surface area contributed by atoms with Gasteiger partial charge in [0.25, 0.3) is 11.8 Å². The van der Waals surface area contributed by atoms with Crippen LogP contribution in [0.3, 0.4) is 0 Å². The van der Waals surface area contributed by atoms with E-state index in [1.54, 1.807) is 0 Å². The van der Waals surface area contributed by atoms with E-state index in [4.69, 9.17) is 0 Å². The van der Waals surface area contributed by atoms with E-state index in [1.165, 1.54) is 19.9 Å². The summed E-state index contributed by atoms with van der Waals surface area (Å²) in [5.74, 6) is -0.526. The zero-order valence-electron chi connectivity index (χ0n) is 17.6. The van der Waals surface area contributed by atoms with Gasteiger partial charge in [-0.25, -0.2) is 4.98 Å². The SMILES string of the molecule is C=C(/C=C(\C)C(=O)Nc1ncc(C(F)(F)F)cc1C)C(=O)NCC1CN(C(C)C)C1. The number of aryl methyl sites for hydroxylation is 1. The van der Waals surface area contributed by atoms with Crippen LogP contribution in [-0.4, -0.2) is 47.4 Å². The Kier molecular flexibility index (Phi) is 7.41. The normalized spacial score (nSPS) is 15.7. The van der Waals surface area contributed by atoms with Crippen molar-refractivity contribution in [2.75, 3.05) is 25.0 Å². The van der Waals surface area contributed by atoms with Crippen molar-refractivity contribution < 1.29 is 22.8 Å². The molecule has 2 rings (SSSR count). The first-order valence-electron chi connectivity index (χ1n) is 9.63. The number of halogens is 3. The van der Waals surface area contributed by atoms with Crippen LogP contribution in [0.1, 0.15) is 31.9 Å². The van der Waals surface area contributed by atoms with Crippen molar-refractivity contribution in [1.82, 2.24) is 15.2 Å². The van der Waals surface area contributed by atoms with E-state index in [1.807, 2.05) is 0 Å². The molecule has 1 saturated heterocycles. The first-order chi connectivity index (χ1) is 13.9. The van der Waals surface area contributed by atoms with Crippen molar-refractivity contribution in [3.63, 3.8) is 0 Å². The summed E-state index contributed by atoms with van der Waals surface area (Å²) in [5, 5.41) is 5.26. The monoisotopic (exact) mass is 424 g/mol. The summed E-state index contributed by atoms with van der Waals surface area (Å²) < 4.78 is 38.1. The van der Waals surface area contributed by atoms with Gasteiger partial charge in [-0.2, -0.15) is 13.2 Å². The second-order valence-electron chi connectivity index (χ2n) is 7.82. The van der Waals surface area contributed by atoms with Crippen LogP contribution in [0.15, 0.2) is 36.1 Å². The molecular weight excluding hydrogens is 397 g/mol. The molecule has 0 aliphatic carbocycles. The summed E-state index contributed by atoms with van der Waals surface area (Å²) in [4.78, 5) is 30.5. The van der Waals surface area contributed by atoms with Crippen molar-refractivity contribution in [2.45, 2.75) is 39.9 Å². The fourth-order valence-corrected chi connectivity index (χ4v) is 2.97. The molecule has 164 valence electrons. The number of carbonyl (C=O) groups excluding carboxylic acids is 2. The van der Waals surface area contributed by atoms with Gasteiger partial charge in [-0.15, -0.1) is 0 Å². The highest BCUT2D eigenvalue weighted by Crippen LogP contribution is 2.30. The molecule has 0 radical (unpaired) electrons. The zero-order chi connectivity index (χ0) is 22.6. The van der Waals surface area contributed by atoms with Gasteiger partial charge in [0.1, 0.15) is 5.82 Å². The molecule has 2 amide bonds. The van der Waals surface area contributed by atoms with Crippen LogP contribution in [0.25, 0.3) is 0 Å². The zero-order valence-corrected chi connectivity index (χ0v) is 17.6. The van der Waals surface area contributed by atoms with Crippen LogP contribution in [0.4, 0.5) is 19.0 Å². The summed E-state index contributed by atoms with van der Waals surface area (Å²) in [6, 6.07) is 1.40. The van der Waals surface area contributed by atoms with Crippen LogP contribution in [-0.2, 0) is 15.8 Å². The third-order valence-corrected chi connectivity index (χ3v) is 4.95. The van der Waals surface area contributed by atoms with E-state index >= 15 is 0 Å². The molecule has 9 heteroatoms. The maximum atomic E-state index is 12.7. The van der Waals surface area contributed by atoms with Crippen LogP contribution < -0.4 is 10.6 Å². The van der Waals surface area contributed by atoms with Gasteiger partial charge < -0.3 is 15.5 Å². The average molecular weight is 424 g/mol. The highest BCUT2D eigenvalue weighted by Gasteiger charge is 2.31. The van der Waals surface area contributed by atoms with E-state index < -0.39 is 17.6 Å². The topological polar surface area (TPSA) is 74.3 Å². The fraction of sp³-hybridized carbons (Fsp3) is 0.476. The van der Waals surface area contributed by atoms with Gasteiger partial charge in [-0.05, 0) is 45.4 Å². The summed E-state index contributed by atoms with van der Waals surface area (Å²) in [7, 11) is 0. The third kappa shape index (κ3) is 6.16. The van der Waals surface area contributed by atoms with Crippen molar-refractivity contribution in [2.24, 2.45) is 5.92 Å². The molecule has 1 aliphatic rings. The van der Waals surface area contributed by atoms with Crippen molar-refractivity contribution in [1.29, 1.82) is 0 Å². The van der Waals surface area contributed by atoms with Gasteiger partial charge in [0.2, 0.25) is 0 Å². The lowest BCUT2D eigenvalue weighted by Gasteiger charge is -2.42. The third-order valence-electron chi connectivity index (χ3n) is 4.95. The average Bonchev–Trinajstić information content (AvgIpc) is 2.60. The largest absolute Gasteiger partial charge is 0.417 e. The minimum Gasteiger partial charge on any atom is -0.352 e. The van der Waals surface area contributed by atoms with Crippen molar-refractivity contribution in [3.8, 4) is 0 Å². The highest BCUT2D eigenvalue weighted by atomic mass is 19.4. The van der Waals surface area contributed by atoms with Gasteiger partial charge in [0, 0.05) is 48.9 Å². The summed E-state index contributed by atoms with van der Waals surface area (Å²) in [6.45, 7) is 13.2. The molecule has 30 heavy (non-hydrogen) atoms. The predicted octanol–water partition coefficient (Wildman–Crippen LogP) is 3.31. The Morgan fingerprint density at radius 2 is 1.97 bits per heavy atom. The molecule has 0 saturated carbocycles. The quantitative estimate of drug-likeness (QED) is 0.520. The number of likely N-dealkylation sites (tertiary alicyclic amines) is 1. The van der Waals surface area contributed by atoms with Crippen LogP contribution in [0.2, 0.25) is 0 Å². The molecule has 0 aromatic carbocycles. The number of anilines is 1. The van der Waals surface area contributed by atoms with Crippen molar-refractivity contribution >= 4 is 17.6 Å². The number of aromatic nitrogens is 1. The van der Waals surface area contributed by atoms with Gasteiger partial charge >= 0.3 is 6.18 Å². The number of nitrogens with zero attached hydrogens (tertiary/aromatic N) is 2. The molecule has 1 aromatic rings. The Labute approximate surface area is 174 Å². The van der Waals surface area contributed by atoms with Crippen LogP contribution >= 0.6 is 0 Å². The molecule has 0 unspecified atom stereocenters. The number of amides is 2. The maximum Gasteiger partial charge on any atom is 0.417 e. The number of alkyl halides is 3. The highest BCUT2D eigenvalue weighted by molar-refractivity contribution is 6.05. The molecule has 2 heterocycles. The molecule has 0 atom stereocenters. The lowest BCUT2D eigenvalue weighted by molar-refractivity contribution is -0.137. The Morgan fingerprint density at radius 3 is 2.50 bits per heavy atom. The van der Waals surface area contributed by atoms with Gasteiger partial charge in [-0.3, -0.25) is 9.59 Å². The van der Waals surface area contributed by atoms with Crippen LogP contribution in [0.5, 0.6) is 0 Å². The molecule has 0 bridgehead atoms. The predicted molar refractivity (Wildman–Crippen MR) is 109 cm³/mol. The first kappa shape index (κ1) is 23.6. The first-order valence-corrected chi connectivity index (χ1v) is 9.63. The van der Waals surface area contributed by atoms with Crippen molar-refractivity contribution in [3.05, 3.63) is 47.2 Å². The number of hydrogen-bond donors (Lipinski definition) is 2. The number of carbonyl (C=O) groups is 2. The van der Waals surface area contributed by atoms with Crippen LogP contribution in [0, 0.1) is 12.8 Å². The van der Waals surface area contributed by atoms with E-state index in [0.717, 1.165) is 19.2 Å². The van der Waals surface area contributed by atoms with Gasteiger partial charge in [-0.1, -0.05) is 6.58 Å². The molecule has 1 aliphatic heterocycles. The second kappa shape index (κ2) is 9.42. The number of rotatable bonds is 7. The smallest absolute Gasteiger partial charge is 0.352 e. The number of pyridine rings is 1. The molecule has 1 fully saturated rings. The molecular formula is C21H27F3N4O2. The van der Waals surface area contributed by atoms with E-state index in [-0.39, 0.29) is 28.4 Å². The summed E-state index contributed by atoms with van der Waals surface area (Å²) >= 11 is 0. The van der Waals surface area contributed by atoms with E-state index in [2.05, 4.69) is 40.9 Å². The molecule has 6 nitrogen and oxygen atoms in total. The lowest BCUT2D eigenvalue weighted by Crippen LogP contribution is -2.53. The molecule has 0 spiro atoms. The van der Waals surface area contributed by atoms with E-state index in [0.29, 0.717) is 24.7 Å². The molecule has 1 aromatic heterocycles. The minimum atomic E-state index is -4.51. The van der Waals surface area contributed by atoms with Gasteiger partial charge in [0.15, 0.2) is 0 Å². The Morgan fingerprint density at radius 1 is 1.33 bits per heavy atom. The number of nitrogens with one attached hydrogen (secondary N) is 2. The standard InChI is InChI=1S/C21H27F3N4O2/c1-12(2)28-10-16(11-28)8-26-19(29)14(4)6-15(5)20(30)27-18-13(3)7-17(9-25-18)21(22,23)24/h6-7,9,12,16H,4,8,10-11H2,1-3,5H3,(H,26,29)(H,25,27,30)/b15-6+. The minimum absolute atomic E-state index is 0.0236. The summed E-state index contributed by atoms with van der Waals surface area (Å²) in [6.07, 6.45) is -2.51. The fourth-order valence-electron chi connectivity index (χ4n) is 2.97. The van der Waals surface area contributed by atoms with E-state index in [9.17, 15) is 22.8 Å². The number of hydrogen-bond acceptors (Lipinski definition) is 4. The maximum absolute atomic E-state index is 12.7. The molecule has 2 N–H and O–H groups in total.